The highest BCUT2D eigenvalue weighted by Crippen LogP contribution is 2.12. The third-order valence-electron chi connectivity index (χ3n) is 4.87. The minimum Gasteiger partial charge on any atom is -0.468 e. The number of rotatable bonds is 6. The zero-order chi connectivity index (χ0) is 21.0. The van der Waals surface area contributed by atoms with Gasteiger partial charge in [-0.05, 0) is 37.1 Å². The number of para-hydroxylation sites is 1. The average Bonchev–Trinajstić information content (AvgIpc) is 2.71. The normalized spacial score (nSPS) is 10.7. The van der Waals surface area contributed by atoms with Crippen LogP contribution in [0, 0.1) is 13.8 Å². The molecule has 0 saturated heterocycles. The Kier molecular flexibility index (Phi) is 6.07. The van der Waals surface area contributed by atoms with Crippen molar-refractivity contribution in [3.8, 4) is 0 Å². The van der Waals surface area contributed by atoms with E-state index in [1.807, 2.05) is 37.3 Å². The summed E-state index contributed by atoms with van der Waals surface area (Å²) in [5.41, 5.74) is 2.24. The summed E-state index contributed by atoms with van der Waals surface area (Å²) < 4.78 is 6.08. The molecule has 0 aliphatic heterocycles. The molecule has 3 aromatic rings. The van der Waals surface area contributed by atoms with E-state index in [1.54, 1.807) is 25.1 Å². The number of methoxy groups -OCH3 is 1. The number of hydrogen-bond acceptors (Lipinski definition) is 5. The highest BCUT2D eigenvalue weighted by Gasteiger charge is 2.21. The van der Waals surface area contributed by atoms with Crippen molar-refractivity contribution < 1.29 is 14.3 Å². The number of nitrogens with zero attached hydrogens (tertiary/aromatic N) is 3. The quantitative estimate of drug-likeness (QED) is 0.600. The van der Waals surface area contributed by atoms with Gasteiger partial charge in [-0.25, -0.2) is 4.98 Å². The van der Waals surface area contributed by atoms with E-state index in [0.717, 1.165) is 11.1 Å². The summed E-state index contributed by atoms with van der Waals surface area (Å²) in [6, 6.07) is 14.7. The number of carbonyl (C=O) groups excluding carboxylic acids is 2. The molecule has 7 heteroatoms. The van der Waals surface area contributed by atoms with Crippen LogP contribution in [0.4, 0.5) is 0 Å². The number of fused-ring (bicyclic) bond motifs is 1. The molecule has 0 aliphatic rings. The van der Waals surface area contributed by atoms with Crippen LogP contribution in [0.25, 0.3) is 10.9 Å². The summed E-state index contributed by atoms with van der Waals surface area (Å²) in [4.78, 5) is 43.6. The first-order chi connectivity index (χ1) is 13.9. The second-order valence-electron chi connectivity index (χ2n) is 6.82. The lowest BCUT2D eigenvalue weighted by molar-refractivity contribution is -0.147. The number of esters is 1. The molecule has 7 nitrogen and oxygen atoms in total. The monoisotopic (exact) mass is 393 g/mol. The van der Waals surface area contributed by atoms with Crippen LogP contribution < -0.4 is 5.56 Å². The van der Waals surface area contributed by atoms with Crippen molar-refractivity contribution in [2.75, 3.05) is 13.7 Å². The first-order valence-corrected chi connectivity index (χ1v) is 9.26. The lowest BCUT2D eigenvalue weighted by Crippen LogP contribution is -2.40. The van der Waals surface area contributed by atoms with E-state index in [4.69, 9.17) is 4.74 Å². The molecule has 0 aliphatic carbocycles. The average molecular weight is 393 g/mol. The lowest BCUT2D eigenvalue weighted by atomic mass is 10.1. The standard InChI is InChI=1S/C22H23N3O4/c1-15-8-4-5-9-17(15)12-24(14-21(27)29-3)20(26)13-25-16(2)23-19-11-7-6-10-18(19)22(25)28/h4-11H,12-14H2,1-3H3. The number of carbonyl (C=O) groups is 2. The van der Waals surface area contributed by atoms with Gasteiger partial charge in [-0.15, -0.1) is 0 Å². The number of ether oxygens (including phenoxy) is 1. The van der Waals surface area contributed by atoms with Crippen molar-refractivity contribution >= 4 is 22.8 Å². The second-order valence-corrected chi connectivity index (χ2v) is 6.82. The predicted octanol–water partition coefficient (Wildman–Crippen LogP) is 2.22. The van der Waals surface area contributed by atoms with Crippen LogP contribution in [-0.2, 0) is 27.4 Å². The topological polar surface area (TPSA) is 81.5 Å². The zero-order valence-electron chi connectivity index (χ0n) is 16.7. The van der Waals surface area contributed by atoms with Crippen molar-refractivity contribution in [1.29, 1.82) is 0 Å². The molecule has 29 heavy (non-hydrogen) atoms. The number of hydrogen-bond donors (Lipinski definition) is 0. The Labute approximate surface area is 168 Å². The smallest absolute Gasteiger partial charge is 0.325 e. The van der Waals surface area contributed by atoms with E-state index in [1.165, 1.54) is 16.6 Å². The fourth-order valence-electron chi connectivity index (χ4n) is 3.15. The minimum atomic E-state index is -0.521. The molecule has 0 spiro atoms. The van der Waals surface area contributed by atoms with Gasteiger partial charge >= 0.3 is 5.97 Å². The van der Waals surface area contributed by atoms with Gasteiger partial charge < -0.3 is 9.64 Å². The molecule has 3 rings (SSSR count). The summed E-state index contributed by atoms with van der Waals surface area (Å²) in [5.74, 6) is -0.440. The number of aromatic nitrogens is 2. The van der Waals surface area contributed by atoms with Crippen LogP contribution in [0.3, 0.4) is 0 Å². The Bertz CT molecular complexity index is 1120. The summed E-state index contributed by atoms with van der Waals surface area (Å²) in [7, 11) is 1.28. The molecule has 0 unspecified atom stereocenters. The van der Waals surface area contributed by atoms with E-state index < -0.39 is 5.97 Å². The second kappa shape index (κ2) is 8.68. The van der Waals surface area contributed by atoms with E-state index in [0.29, 0.717) is 16.7 Å². The Morgan fingerprint density at radius 3 is 2.48 bits per heavy atom. The number of amides is 1. The van der Waals surface area contributed by atoms with E-state index in [9.17, 15) is 14.4 Å². The van der Waals surface area contributed by atoms with E-state index in [-0.39, 0.29) is 31.1 Å². The maximum atomic E-state index is 13.1. The van der Waals surface area contributed by atoms with Crippen LogP contribution in [0.1, 0.15) is 17.0 Å². The van der Waals surface area contributed by atoms with Crippen LogP contribution >= 0.6 is 0 Å². The Morgan fingerprint density at radius 2 is 1.76 bits per heavy atom. The van der Waals surface area contributed by atoms with Crippen LogP contribution in [0.2, 0.25) is 0 Å². The third kappa shape index (κ3) is 4.51. The summed E-state index contributed by atoms with van der Waals surface area (Å²) in [6.07, 6.45) is 0. The number of benzene rings is 2. The van der Waals surface area contributed by atoms with Crippen molar-refractivity contribution in [2.45, 2.75) is 26.9 Å². The maximum absolute atomic E-state index is 13.1. The van der Waals surface area contributed by atoms with Crippen LogP contribution in [0.15, 0.2) is 53.3 Å². The summed E-state index contributed by atoms with van der Waals surface area (Å²) in [5, 5.41) is 0.448. The van der Waals surface area contributed by atoms with Crippen molar-refractivity contribution in [3.05, 3.63) is 75.8 Å². The fraction of sp³-hybridized carbons (Fsp3) is 0.273. The first-order valence-electron chi connectivity index (χ1n) is 9.26. The molecule has 0 saturated carbocycles. The van der Waals surface area contributed by atoms with Gasteiger partial charge in [0.1, 0.15) is 18.9 Å². The molecule has 1 aromatic heterocycles. The van der Waals surface area contributed by atoms with Crippen LogP contribution in [-0.4, -0.2) is 40.0 Å². The first kappa shape index (κ1) is 20.3. The van der Waals surface area contributed by atoms with Gasteiger partial charge in [0.05, 0.1) is 18.0 Å². The highest BCUT2D eigenvalue weighted by molar-refractivity contribution is 5.82. The van der Waals surface area contributed by atoms with Gasteiger partial charge in [0.25, 0.3) is 5.56 Å². The summed E-state index contributed by atoms with van der Waals surface area (Å²) >= 11 is 0. The van der Waals surface area contributed by atoms with Crippen molar-refractivity contribution in [3.63, 3.8) is 0 Å². The molecular weight excluding hydrogens is 370 g/mol. The van der Waals surface area contributed by atoms with Gasteiger partial charge in [-0.1, -0.05) is 36.4 Å². The van der Waals surface area contributed by atoms with Gasteiger partial charge in [-0.2, -0.15) is 0 Å². The van der Waals surface area contributed by atoms with Gasteiger partial charge in [0.15, 0.2) is 0 Å². The van der Waals surface area contributed by atoms with E-state index >= 15 is 0 Å². The molecule has 1 amide bonds. The van der Waals surface area contributed by atoms with Crippen molar-refractivity contribution in [2.24, 2.45) is 0 Å². The largest absolute Gasteiger partial charge is 0.468 e. The molecule has 0 bridgehead atoms. The third-order valence-corrected chi connectivity index (χ3v) is 4.87. The van der Waals surface area contributed by atoms with E-state index in [2.05, 4.69) is 4.98 Å². The molecule has 0 N–H and O–H groups in total. The van der Waals surface area contributed by atoms with Crippen molar-refractivity contribution in [1.82, 2.24) is 14.5 Å². The molecule has 0 atom stereocenters. The lowest BCUT2D eigenvalue weighted by Gasteiger charge is -2.23. The maximum Gasteiger partial charge on any atom is 0.325 e. The highest BCUT2D eigenvalue weighted by atomic mass is 16.5. The van der Waals surface area contributed by atoms with Gasteiger partial charge in [0.2, 0.25) is 5.91 Å². The van der Waals surface area contributed by atoms with Gasteiger partial charge in [0, 0.05) is 6.54 Å². The molecule has 1 heterocycles. The molecule has 0 fully saturated rings. The molecule has 2 aromatic carbocycles. The number of aryl methyl sites for hydroxylation is 2. The predicted molar refractivity (Wildman–Crippen MR) is 109 cm³/mol. The van der Waals surface area contributed by atoms with Gasteiger partial charge in [-0.3, -0.25) is 19.0 Å². The molecular formula is C22H23N3O4. The Hall–Kier alpha value is -3.48. The molecule has 150 valence electrons. The Balaban J connectivity index is 1.92. The molecule has 0 radical (unpaired) electrons. The zero-order valence-corrected chi connectivity index (χ0v) is 16.7. The minimum absolute atomic E-state index is 0.196. The summed E-state index contributed by atoms with van der Waals surface area (Å²) in [6.45, 7) is 3.48. The van der Waals surface area contributed by atoms with Crippen LogP contribution in [0.5, 0.6) is 0 Å². The Morgan fingerprint density at radius 1 is 1.07 bits per heavy atom. The fourth-order valence-corrected chi connectivity index (χ4v) is 3.15. The SMILES string of the molecule is COC(=O)CN(Cc1ccccc1C)C(=O)Cn1c(C)nc2ccccc2c1=O.